The van der Waals surface area contributed by atoms with Gasteiger partial charge in [-0.05, 0) is 12.1 Å². The molecule has 0 aliphatic heterocycles. The summed E-state index contributed by atoms with van der Waals surface area (Å²) in [5.74, 6) is 0. The molecule has 63 valence electrons. The first-order valence-corrected chi connectivity index (χ1v) is 2.72. The van der Waals surface area contributed by atoms with Crippen molar-refractivity contribution < 1.29 is 22.4 Å². The molecular weight excluding hydrogens is 236 g/mol. The summed E-state index contributed by atoms with van der Waals surface area (Å²) in [5.41, 5.74) is 1.83. The van der Waals surface area contributed by atoms with Crippen LogP contribution in [-0.2, 0) is 22.4 Å². The number of aromatic amines is 1. The minimum Gasteiger partial charge on any atom is -0.344 e. The van der Waals surface area contributed by atoms with Gasteiger partial charge in [0.05, 0.1) is 0 Å². The second-order valence-electron chi connectivity index (χ2n) is 1.81. The third kappa shape index (κ3) is 1.88. The van der Waals surface area contributed by atoms with Crippen LogP contribution >= 0.6 is 0 Å². The summed E-state index contributed by atoms with van der Waals surface area (Å²) in [6.45, 7) is 0. The molecule has 11 heavy (non-hydrogen) atoms. The van der Waals surface area contributed by atoms with Gasteiger partial charge in [-0.15, -0.1) is 0 Å². The van der Waals surface area contributed by atoms with Crippen LogP contribution in [0.1, 0.15) is 0 Å². The zero-order valence-corrected chi connectivity index (χ0v) is 7.19. The Morgan fingerprint density at radius 3 is 1.91 bits per heavy atom. The van der Waals surface area contributed by atoms with Crippen molar-refractivity contribution in [1.82, 2.24) is 21.6 Å². The fourth-order valence-electron chi connectivity index (χ4n) is 0.786. The van der Waals surface area contributed by atoms with Gasteiger partial charge in [0.15, 0.2) is 0 Å². The maximum Gasteiger partial charge on any atom is 0.112 e. The van der Waals surface area contributed by atoms with Gasteiger partial charge in [0.1, 0.15) is 11.0 Å². The molecule has 1 radical (unpaired) electrons. The number of para-hydroxylation sites is 2. The van der Waals surface area contributed by atoms with Crippen LogP contribution in [0.25, 0.3) is 11.0 Å². The third-order valence-corrected chi connectivity index (χ3v) is 1.22. The average Bonchev–Trinajstić information content (AvgIpc) is 2.33. The van der Waals surface area contributed by atoms with Crippen LogP contribution in [0.2, 0.25) is 0 Å². The number of nitrogens with one attached hydrogen (secondary N) is 1. The topological polar surface area (TPSA) is 76.6 Å². The van der Waals surface area contributed by atoms with Crippen LogP contribution in [0, 0.1) is 0 Å². The first kappa shape index (κ1) is 10.3. The van der Waals surface area contributed by atoms with E-state index >= 15 is 0 Å². The molecule has 0 unspecified atom stereocenters. The number of hydrogen-bond donors (Lipinski definition) is 2. The van der Waals surface area contributed by atoms with Crippen molar-refractivity contribution in [2.75, 3.05) is 0 Å². The Hall–Kier alpha value is -0.680. The SMILES string of the molecule is N.[Ag].c1ccc2n[nH]nc2c1. The molecule has 4 N–H and O–H groups in total. The number of benzene rings is 1. The Labute approximate surface area is 79.5 Å². The Balaban J connectivity index is 0.000000500. The van der Waals surface area contributed by atoms with Crippen molar-refractivity contribution in [3.05, 3.63) is 24.3 Å². The maximum absolute atomic E-state index is 3.88. The van der Waals surface area contributed by atoms with Crippen molar-refractivity contribution in [2.45, 2.75) is 0 Å². The van der Waals surface area contributed by atoms with E-state index in [4.69, 9.17) is 0 Å². The van der Waals surface area contributed by atoms with E-state index in [0.717, 1.165) is 11.0 Å². The van der Waals surface area contributed by atoms with Crippen molar-refractivity contribution in [3.8, 4) is 0 Å². The molecule has 0 fully saturated rings. The van der Waals surface area contributed by atoms with Crippen LogP contribution < -0.4 is 6.15 Å². The minimum absolute atomic E-state index is 0. The zero-order chi connectivity index (χ0) is 6.10. The van der Waals surface area contributed by atoms with Gasteiger partial charge in [0.2, 0.25) is 0 Å². The second kappa shape index (κ2) is 4.25. The molecule has 2 rings (SSSR count). The van der Waals surface area contributed by atoms with E-state index in [-0.39, 0.29) is 28.5 Å². The number of aromatic nitrogens is 3. The summed E-state index contributed by atoms with van der Waals surface area (Å²) in [4.78, 5) is 0. The Kier molecular flexibility index (Phi) is 3.99. The first-order valence-electron chi connectivity index (χ1n) is 2.72. The molecule has 5 heteroatoms. The van der Waals surface area contributed by atoms with Crippen molar-refractivity contribution in [3.63, 3.8) is 0 Å². The average molecular weight is 244 g/mol. The molecule has 0 saturated heterocycles. The number of fused-ring (bicyclic) bond motifs is 1. The minimum atomic E-state index is 0. The van der Waals surface area contributed by atoms with E-state index in [0.29, 0.717) is 0 Å². The van der Waals surface area contributed by atoms with Crippen LogP contribution in [-0.4, -0.2) is 15.4 Å². The summed E-state index contributed by atoms with van der Waals surface area (Å²) < 4.78 is 0. The molecule has 0 atom stereocenters. The van der Waals surface area contributed by atoms with Crippen LogP contribution in [0.5, 0.6) is 0 Å². The van der Waals surface area contributed by atoms with Gasteiger partial charge in [0, 0.05) is 22.4 Å². The quantitative estimate of drug-likeness (QED) is 0.681. The van der Waals surface area contributed by atoms with Crippen molar-refractivity contribution >= 4 is 11.0 Å². The smallest absolute Gasteiger partial charge is 0.112 e. The maximum atomic E-state index is 3.88. The van der Waals surface area contributed by atoms with Gasteiger partial charge in [-0.2, -0.15) is 15.4 Å². The van der Waals surface area contributed by atoms with E-state index in [2.05, 4.69) is 15.4 Å². The van der Waals surface area contributed by atoms with Crippen molar-refractivity contribution in [2.24, 2.45) is 0 Å². The standard InChI is InChI=1S/C6H5N3.Ag.H3N/c1-2-4-6-5(3-1)7-9-8-6;;/h1-4H,(H,7,8,9);;1H3. The van der Waals surface area contributed by atoms with Crippen LogP contribution in [0.4, 0.5) is 0 Å². The predicted octanol–water partition coefficient (Wildman–Crippen LogP) is 1.12. The number of nitrogens with zero attached hydrogens (tertiary/aromatic N) is 2. The zero-order valence-electron chi connectivity index (χ0n) is 5.71. The summed E-state index contributed by atoms with van der Waals surface area (Å²) in [6.07, 6.45) is 0. The summed E-state index contributed by atoms with van der Waals surface area (Å²) in [6, 6.07) is 7.70. The van der Waals surface area contributed by atoms with Crippen molar-refractivity contribution in [1.29, 1.82) is 0 Å². The van der Waals surface area contributed by atoms with E-state index < -0.39 is 0 Å². The molecule has 0 aliphatic rings. The Morgan fingerprint density at radius 1 is 1.00 bits per heavy atom. The molecule has 1 aromatic heterocycles. The Morgan fingerprint density at radius 2 is 1.45 bits per heavy atom. The normalized spacial score (nSPS) is 8.36. The van der Waals surface area contributed by atoms with E-state index in [1.165, 1.54) is 0 Å². The van der Waals surface area contributed by atoms with E-state index in [9.17, 15) is 0 Å². The fourth-order valence-corrected chi connectivity index (χ4v) is 0.786. The Bertz CT molecular complexity index is 289. The molecule has 1 aromatic carbocycles. The van der Waals surface area contributed by atoms with Gasteiger partial charge >= 0.3 is 0 Å². The molecule has 1 heterocycles. The summed E-state index contributed by atoms with van der Waals surface area (Å²) in [7, 11) is 0. The molecule has 0 saturated carbocycles. The fraction of sp³-hybridized carbons (Fsp3) is 0. The molecule has 2 aromatic rings. The van der Waals surface area contributed by atoms with E-state index in [1.54, 1.807) is 0 Å². The number of H-pyrrole nitrogens is 1. The number of hydrogen-bond acceptors (Lipinski definition) is 3. The summed E-state index contributed by atoms with van der Waals surface area (Å²) >= 11 is 0. The van der Waals surface area contributed by atoms with Gasteiger partial charge < -0.3 is 6.15 Å². The van der Waals surface area contributed by atoms with Crippen LogP contribution in [0.15, 0.2) is 24.3 Å². The second-order valence-corrected chi connectivity index (χ2v) is 1.81. The van der Waals surface area contributed by atoms with E-state index in [1.807, 2.05) is 24.3 Å². The summed E-state index contributed by atoms with van der Waals surface area (Å²) in [5, 5.41) is 10.3. The molecule has 0 bridgehead atoms. The molecule has 0 spiro atoms. The predicted molar refractivity (Wildman–Crippen MR) is 38.9 cm³/mol. The number of rotatable bonds is 0. The molecule has 0 amide bonds. The molecular formula is C6H8AgN4. The third-order valence-electron chi connectivity index (χ3n) is 1.22. The monoisotopic (exact) mass is 243 g/mol. The first-order chi connectivity index (χ1) is 4.47. The molecule has 0 aliphatic carbocycles. The van der Waals surface area contributed by atoms with Gasteiger partial charge in [-0.25, -0.2) is 0 Å². The molecule has 4 nitrogen and oxygen atoms in total. The van der Waals surface area contributed by atoms with Gasteiger partial charge in [-0.3, -0.25) is 0 Å². The largest absolute Gasteiger partial charge is 0.344 e. The van der Waals surface area contributed by atoms with Crippen LogP contribution in [0.3, 0.4) is 0 Å². The van der Waals surface area contributed by atoms with Gasteiger partial charge in [-0.1, -0.05) is 12.1 Å². The van der Waals surface area contributed by atoms with Gasteiger partial charge in [0.25, 0.3) is 0 Å².